The third-order valence-electron chi connectivity index (χ3n) is 8.35. The van der Waals surface area contributed by atoms with E-state index in [0.29, 0.717) is 0 Å². The number of anilines is 3. The van der Waals surface area contributed by atoms with Gasteiger partial charge in [0.15, 0.2) is 0 Å². The van der Waals surface area contributed by atoms with Crippen LogP contribution in [0, 0.1) is 0 Å². The van der Waals surface area contributed by atoms with Crippen molar-refractivity contribution in [2.75, 3.05) is 4.90 Å². The highest BCUT2D eigenvalue weighted by molar-refractivity contribution is 7.27. The summed E-state index contributed by atoms with van der Waals surface area (Å²) in [4.78, 5) is 6.89. The molecule has 6 aromatic carbocycles. The molecule has 0 aliphatic carbocycles. The molecule has 9 rings (SSSR count). The van der Waals surface area contributed by atoms with E-state index in [9.17, 15) is 0 Å². The first-order valence-corrected chi connectivity index (χ1v) is 16.0. The fourth-order valence-electron chi connectivity index (χ4n) is 6.29. The second-order valence-corrected chi connectivity index (χ2v) is 12.9. The van der Waals surface area contributed by atoms with Crippen LogP contribution in [0.3, 0.4) is 0 Å². The summed E-state index contributed by atoms with van der Waals surface area (Å²) >= 11 is 3.72. The lowest BCUT2D eigenvalue weighted by Gasteiger charge is -2.26. The second-order valence-electron chi connectivity index (χ2n) is 10.8. The number of thiophene rings is 2. The van der Waals surface area contributed by atoms with E-state index in [1.54, 1.807) is 0 Å². The first-order valence-electron chi connectivity index (χ1n) is 14.4. The van der Waals surface area contributed by atoms with E-state index in [0.717, 1.165) is 11.4 Å². The van der Waals surface area contributed by atoms with Gasteiger partial charge < -0.3 is 4.90 Å². The summed E-state index contributed by atoms with van der Waals surface area (Å²) in [6.45, 7) is 0. The van der Waals surface area contributed by atoms with Crippen LogP contribution in [-0.2, 0) is 0 Å². The van der Waals surface area contributed by atoms with Crippen molar-refractivity contribution in [1.82, 2.24) is 4.98 Å². The van der Waals surface area contributed by atoms with Crippen LogP contribution in [-0.4, -0.2) is 4.98 Å². The van der Waals surface area contributed by atoms with Gasteiger partial charge in [-0.25, -0.2) is 0 Å². The van der Waals surface area contributed by atoms with Crippen molar-refractivity contribution < 1.29 is 0 Å². The van der Waals surface area contributed by atoms with E-state index < -0.39 is 0 Å². The van der Waals surface area contributed by atoms with Gasteiger partial charge in [-0.1, -0.05) is 84.9 Å². The van der Waals surface area contributed by atoms with Gasteiger partial charge in [0.2, 0.25) is 0 Å². The Hall–Kier alpha value is -5.03. The standard InChI is InChI=1S/C39H24N2S2/c1-2-7-25(8-3-1)26-13-16-28(17-14-26)41(29-18-20-37-33(23-29)30-9-4-5-12-36(30)42-37)35-11-6-10-31-32-19-15-27-21-22-40-24-34(27)38(32)43-39(31)35/h1-24H. The Morgan fingerprint density at radius 3 is 2.12 bits per heavy atom. The molecular formula is C39H24N2S2. The normalized spacial score (nSPS) is 11.7. The fraction of sp³-hybridized carbons (Fsp3) is 0. The number of nitrogens with zero attached hydrogens (tertiary/aromatic N) is 2. The SMILES string of the molecule is c1ccc(-c2ccc(N(c3ccc4sc5ccccc5c4c3)c3cccc4c3sc3c5cnccc5ccc43)cc2)cc1. The number of rotatable bonds is 4. The molecule has 0 aliphatic heterocycles. The van der Waals surface area contributed by atoms with Gasteiger partial charge >= 0.3 is 0 Å². The highest BCUT2D eigenvalue weighted by Gasteiger charge is 2.20. The molecule has 0 spiro atoms. The van der Waals surface area contributed by atoms with Crippen molar-refractivity contribution in [2.24, 2.45) is 0 Å². The molecule has 202 valence electrons. The Morgan fingerprint density at radius 2 is 1.21 bits per heavy atom. The third kappa shape index (κ3) is 3.95. The Kier molecular flexibility index (Phi) is 5.58. The maximum atomic E-state index is 4.47. The number of benzene rings is 6. The summed E-state index contributed by atoms with van der Waals surface area (Å²) in [6, 6.07) is 48.5. The molecule has 0 radical (unpaired) electrons. The summed E-state index contributed by atoms with van der Waals surface area (Å²) in [5, 5.41) is 7.58. The molecule has 43 heavy (non-hydrogen) atoms. The van der Waals surface area contributed by atoms with E-state index >= 15 is 0 Å². The number of fused-ring (bicyclic) bond motifs is 8. The van der Waals surface area contributed by atoms with Crippen LogP contribution in [0.1, 0.15) is 0 Å². The molecular weight excluding hydrogens is 561 g/mol. The van der Waals surface area contributed by atoms with Crippen molar-refractivity contribution >= 4 is 90.9 Å². The van der Waals surface area contributed by atoms with Crippen LogP contribution in [0.2, 0.25) is 0 Å². The summed E-state index contributed by atoms with van der Waals surface area (Å²) in [7, 11) is 0. The van der Waals surface area contributed by atoms with E-state index in [-0.39, 0.29) is 0 Å². The maximum Gasteiger partial charge on any atom is 0.0640 e. The lowest BCUT2D eigenvalue weighted by Crippen LogP contribution is -2.10. The van der Waals surface area contributed by atoms with E-state index in [2.05, 4.69) is 143 Å². The number of pyridine rings is 1. The first-order chi connectivity index (χ1) is 21.3. The molecule has 0 saturated heterocycles. The quantitative estimate of drug-likeness (QED) is 0.205. The molecule has 0 bridgehead atoms. The van der Waals surface area contributed by atoms with E-state index in [1.807, 2.05) is 35.1 Å². The first kappa shape index (κ1) is 24.6. The largest absolute Gasteiger partial charge is 0.309 e. The molecule has 3 heterocycles. The lowest BCUT2D eigenvalue weighted by molar-refractivity contribution is 1.31. The van der Waals surface area contributed by atoms with Gasteiger partial charge in [-0.3, -0.25) is 4.98 Å². The highest BCUT2D eigenvalue weighted by atomic mass is 32.1. The average Bonchev–Trinajstić information content (AvgIpc) is 3.65. The summed E-state index contributed by atoms with van der Waals surface area (Å²) in [6.07, 6.45) is 3.88. The van der Waals surface area contributed by atoms with Crippen LogP contribution in [0.4, 0.5) is 17.1 Å². The minimum atomic E-state index is 1.13. The zero-order valence-electron chi connectivity index (χ0n) is 23.1. The lowest BCUT2D eigenvalue weighted by atomic mass is 10.0. The van der Waals surface area contributed by atoms with Crippen LogP contribution >= 0.6 is 22.7 Å². The van der Waals surface area contributed by atoms with Crippen molar-refractivity contribution in [3.8, 4) is 11.1 Å². The number of hydrogen-bond donors (Lipinski definition) is 0. The molecule has 9 aromatic rings. The molecule has 0 aliphatic rings. The molecule has 0 N–H and O–H groups in total. The fourth-order valence-corrected chi connectivity index (χ4v) is 8.70. The van der Waals surface area contributed by atoms with Crippen molar-refractivity contribution in [2.45, 2.75) is 0 Å². The Labute approximate surface area is 256 Å². The minimum Gasteiger partial charge on any atom is -0.309 e. The topological polar surface area (TPSA) is 16.1 Å². The molecule has 2 nitrogen and oxygen atoms in total. The number of hydrogen-bond acceptors (Lipinski definition) is 4. The van der Waals surface area contributed by atoms with Gasteiger partial charge in [0, 0.05) is 64.8 Å². The van der Waals surface area contributed by atoms with Gasteiger partial charge in [-0.15, -0.1) is 22.7 Å². The van der Waals surface area contributed by atoms with Crippen LogP contribution < -0.4 is 4.90 Å². The zero-order valence-corrected chi connectivity index (χ0v) is 24.7. The Morgan fingerprint density at radius 1 is 0.465 bits per heavy atom. The Bertz CT molecular complexity index is 2450. The monoisotopic (exact) mass is 584 g/mol. The molecule has 0 amide bonds. The second kappa shape index (κ2) is 9.77. The molecule has 0 saturated carbocycles. The molecule has 0 fully saturated rings. The van der Waals surface area contributed by atoms with Crippen LogP contribution in [0.25, 0.3) is 62.2 Å². The van der Waals surface area contributed by atoms with Gasteiger partial charge in [0.05, 0.1) is 10.4 Å². The van der Waals surface area contributed by atoms with E-state index in [1.165, 1.54) is 67.9 Å². The molecule has 0 unspecified atom stereocenters. The third-order valence-corrected chi connectivity index (χ3v) is 10.8. The van der Waals surface area contributed by atoms with Gasteiger partial charge in [0.1, 0.15) is 0 Å². The summed E-state index contributed by atoms with van der Waals surface area (Å²) in [5.41, 5.74) is 5.90. The predicted molar refractivity (Wildman–Crippen MR) is 188 cm³/mol. The summed E-state index contributed by atoms with van der Waals surface area (Å²) in [5.74, 6) is 0. The van der Waals surface area contributed by atoms with Gasteiger partial charge in [-0.2, -0.15) is 0 Å². The molecule has 0 atom stereocenters. The number of aromatic nitrogens is 1. The van der Waals surface area contributed by atoms with Gasteiger partial charge in [0.25, 0.3) is 0 Å². The smallest absolute Gasteiger partial charge is 0.0640 e. The van der Waals surface area contributed by atoms with Crippen LogP contribution in [0.5, 0.6) is 0 Å². The maximum absolute atomic E-state index is 4.47. The minimum absolute atomic E-state index is 1.13. The average molecular weight is 585 g/mol. The molecule has 3 aromatic heterocycles. The summed E-state index contributed by atoms with van der Waals surface area (Å²) < 4.78 is 5.19. The zero-order chi connectivity index (χ0) is 28.3. The van der Waals surface area contributed by atoms with Crippen LogP contribution in [0.15, 0.2) is 146 Å². The highest BCUT2D eigenvalue weighted by Crippen LogP contribution is 2.47. The van der Waals surface area contributed by atoms with E-state index in [4.69, 9.17) is 0 Å². The van der Waals surface area contributed by atoms with Crippen molar-refractivity contribution in [3.63, 3.8) is 0 Å². The van der Waals surface area contributed by atoms with Gasteiger partial charge in [-0.05, 0) is 65.0 Å². The Balaban J connectivity index is 1.30. The van der Waals surface area contributed by atoms with Crippen molar-refractivity contribution in [1.29, 1.82) is 0 Å². The predicted octanol–water partition coefficient (Wildman–Crippen LogP) is 12.1. The molecule has 4 heteroatoms. The van der Waals surface area contributed by atoms with Crippen molar-refractivity contribution in [3.05, 3.63) is 146 Å².